The summed E-state index contributed by atoms with van der Waals surface area (Å²) in [6.07, 6.45) is 7.94. The number of anilines is 2. The number of rotatable bonds is 13. The van der Waals surface area contributed by atoms with Crippen LogP contribution in [0.5, 0.6) is 0 Å². The molecule has 38 heavy (non-hydrogen) atoms. The summed E-state index contributed by atoms with van der Waals surface area (Å²) in [4.78, 5) is 12.1. The zero-order valence-electron chi connectivity index (χ0n) is 22.5. The molecule has 9 nitrogen and oxygen atoms in total. The van der Waals surface area contributed by atoms with Gasteiger partial charge in [-0.25, -0.2) is 24.1 Å². The largest absolute Gasteiger partial charge is 0.449 e. The Balaban J connectivity index is 1.67. The Morgan fingerprint density at radius 1 is 1.00 bits per heavy atom. The molecule has 0 bridgehead atoms. The van der Waals surface area contributed by atoms with Gasteiger partial charge < -0.3 is 14.2 Å². The van der Waals surface area contributed by atoms with E-state index in [1.165, 1.54) is 4.31 Å². The molecule has 0 radical (unpaired) electrons. The maximum atomic E-state index is 13.6. The van der Waals surface area contributed by atoms with E-state index in [1.54, 1.807) is 55.5 Å². The minimum absolute atomic E-state index is 0.166. The number of aryl methyl sites for hydroxylation is 1. The number of carbonyl (C=O) groups is 1. The van der Waals surface area contributed by atoms with E-state index in [0.29, 0.717) is 24.6 Å². The summed E-state index contributed by atoms with van der Waals surface area (Å²) in [5, 5.41) is 0.886. The van der Waals surface area contributed by atoms with Crippen LogP contribution in [0.1, 0.15) is 51.5 Å². The standard InChI is InChI=1S/C28H39N3O6S/c1-4-35-27(32)31(29)25-15-13-24(14-16-25)30(38(33,34)26-17-11-23(2)12-18-26)20-10-8-6-5-7-9-19-28(3)36-21-22-37-28/h8,10-18H,4-7,9,19-22,29H2,1-3H3/b10-8+. The molecule has 0 aliphatic carbocycles. The fourth-order valence-corrected chi connectivity index (χ4v) is 5.55. The van der Waals surface area contributed by atoms with Crippen molar-refractivity contribution in [2.75, 3.05) is 35.7 Å². The number of unbranched alkanes of at least 4 members (excludes halogenated alkanes) is 3. The summed E-state index contributed by atoms with van der Waals surface area (Å²) in [5.41, 5.74) is 1.82. The highest BCUT2D eigenvalue weighted by atomic mass is 32.2. The highest BCUT2D eigenvalue weighted by Gasteiger charge is 2.29. The highest BCUT2D eigenvalue weighted by Crippen LogP contribution is 2.27. The van der Waals surface area contributed by atoms with Crippen molar-refractivity contribution in [2.45, 2.75) is 63.6 Å². The van der Waals surface area contributed by atoms with E-state index in [9.17, 15) is 13.2 Å². The lowest BCUT2D eigenvalue weighted by atomic mass is 10.1. The number of carbonyl (C=O) groups excluding carboxylic acids is 1. The number of nitrogens with zero attached hydrogens (tertiary/aromatic N) is 2. The van der Waals surface area contributed by atoms with E-state index < -0.39 is 21.9 Å². The monoisotopic (exact) mass is 545 g/mol. The summed E-state index contributed by atoms with van der Waals surface area (Å²) in [5.74, 6) is 5.38. The molecular weight excluding hydrogens is 506 g/mol. The minimum Gasteiger partial charge on any atom is -0.449 e. The Bertz CT molecular complexity index is 1160. The van der Waals surface area contributed by atoms with Crippen molar-refractivity contribution in [1.82, 2.24) is 0 Å². The molecular formula is C28H39N3O6S. The van der Waals surface area contributed by atoms with Gasteiger partial charge in [0, 0.05) is 6.42 Å². The lowest BCUT2D eigenvalue weighted by molar-refractivity contribution is -0.147. The Morgan fingerprint density at radius 3 is 2.26 bits per heavy atom. The van der Waals surface area contributed by atoms with Crippen LogP contribution < -0.4 is 15.2 Å². The van der Waals surface area contributed by atoms with Crippen molar-refractivity contribution in [2.24, 2.45) is 5.84 Å². The van der Waals surface area contributed by atoms with Crippen LogP contribution in [0, 0.1) is 6.92 Å². The average Bonchev–Trinajstić information content (AvgIpc) is 3.34. The van der Waals surface area contributed by atoms with Crippen LogP contribution in [-0.2, 0) is 24.2 Å². The van der Waals surface area contributed by atoms with Crippen LogP contribution in [0.25, 0.3) is 0 Å². The zero-order valence-corrected chi connectivity index (χ0v) is 23.3. The molecule has 2 aromatic carbocycles. The molecule has 1 aliphatic rings. The molecule has 1 heterocycles. The van der Waals surface area contributed by atoms with Crippen LogP contribution in [0.15, 0.2) is 65.6 Å². The van der Waals surface area contributed by atoms with Gasteiger partial charge in [-0.3, -0.25) is 4.31 Å². The molecule has 1 saturated heterocycles. The zero-order chi connectivity index (χ0) is 27.6. The third-order valence-electron chi connectivity index (χ3n) is 6.33. The van der Waals surface area contributed by atoms with Gasteiger partial charge in [-0.15, -0.1) is 0 Å². The van der Waals surface area contributed by atoms with E-state index >= 15 is 0 Å². The highest BCUT2D eigenvalue weighted by molar-refractivity contribution is 7.92. The Hall–Kier alpha value is -2.92. The van der Waals surface area contributed by atoms with Crippen molar-refractivity contribution < 1.29 is 27.4 Å². The first-order valence-corrected chi connectivity index (χ1v) is 14.4. The van der Waals surface area contributed by atoms with Crippen LogP contribution >= 0.6 is 0 Å². The van der Waals surface area contributed by atoms with Crippen LogP contribution in [0.3, 0.4) is 0 Å². The number of allylic oxidation sites excluding steroid dienone is 1. The first-order valence-electron chi connectivity index (χ1n) is 13.0. The van der Waals surface area contributed by atoms with Crippen molar-refractivity contribution in [1.29, 1.82) is 0 Å². The Morgan fingerprint density at radius 2 is 1.63 bits per heavy atom. The third kappa shape index (κ3) is 8.04. The number of sulfonamides is 1. The van der Waals surface area contributed by atoms with E-state index in [0.717, 1.165) is 42.7 Å². The van der Waals surface area contributed by atoms with Gasteiger partial charge in [-0.2, -0.15) is 0 Å². The Kier molecular flexibility index (Phi) is 10.7. The summed E-state index contributed by atoms with van der Waals surface area (Å²) in [6, 6.07) is 13.2. The quantitative estimate of drug-likeness (QED) is 0.120. The molecule has 1 amide bonds. The molecule has 1 aliphatic heterocycles. The van der Waals surface area contributed by atoms with Gasteiger partial charge in [0.25, 0.3) is 10.0 Å². The normalized spacial score (nSPS) is 15.1. The van der Waals surface area contributed by atoms with Gasteiger partial charge in [0.05, 0.1) is 42.6 Å². The molecule has 0 atom stereocenters. The molecule has 0 aromatic heterocycles. The van der Waals surface area contributed by atoms with Crippen molar-refractivity contribution in [3.05, 3.63) is 66.2 Å². The minimum atomic E-state index is -3.83. The first kappa shape index (κ1) is 29.6. The number of hydrogen-bond donors (Lipinski definition) is 1. The molecule has 2 N–H and O–H groups in total. The van der Waals surface area contributed by atoms with Crippen molar-refractivity contribution >= 4 is 27.5 Å². The molecule has 1 fully saturated rings. The number of hydrogen-bond acceptors (Lipinski definition) is 7. The van der Waals surface area contributed by atoms with Gasteiger partial charge in [-0.05, 0) is 76.4 Å². The van der Waals surface area contributed by atoms with Crippen LogP contribution in [0.2, 0.25) is 0 Å². The van der Waals surface area contributed by atoms with Gasteiger partial charge in [-0.1, -0.05) is 36.3 Å². The Labute approximate surface area is 226 Å². The fourth-order valence-electron chi connectivity index (χ4n) is 4.13. The number of nitrogens with two attached hydrogens (primary N) is 1. The SMILES string of the molecule is CCOC(=O)N(N)c1ccc(N(C/C=C/CCCCCC2(C)OCCO2)S(=O)(=O)c2ccc(C)cc2)cc1. The smallest absolute Gasteiger partial charge is 0.428 e. The van der Waals surface area contributed by atoms with Crippen LogP contribution in [-0.4, -0.2) is 46.7 Å². The molecule has 2 aromatic rings. The number of amides is 1. The average molecular weight is 546 g/mol. The predicted molar refractivity (Wildman–Crippen MR) is 148 cm³/mol. The third-order valence-corrected chi connectivity index (χ3v) is 8.14. The number of hydrazine groups is 1. The maximum Gasteiger partial charge on any atom is 0.428 e. The molecule has 208 valence electrons. The van der Waals surface area contributed by atoms with Crippen molar-refractivity contribution in [3.8, 4) is 0 Å². The molecule has 10 heteroatoms. The predicted octanol–water partition coefficient (Wildman–Crippen LogP) is 5.30. The second kappa shape index (κ2) is 13.7. The second-order valence-corrected chi connectivity index (χ2v) is 11.2. The van der Waals surface area contributed by atoms with Gasteiger partial charge in [0.1, 0.15) is 0 Å². The first-order chi connectivity index (χ1) is 18.2. The summed E-state index contributed by atoms with van der Waals surface area (Å²) < 4.78 is 44.7. The van der Waals surface area contributed by atoms with Gasteiger partial charge in [0.2, 0.25) is 0 Å². The molecule has 3 rings (SSSR count). The van der Waals surface area contributed by atoms with E-state index in [-0.39, 0.29) is 18.0 Å². The summed E-state index contributed by atoms with van der Waals surface area (Å²) in [7, 11) is -3.83. The topological polar surface area (TPSA) is 111 Å². The lowest BCUT2D eigenvalue weighted by Crippen LogP contribution is -2.38. The van der Waals surface area contributed by atoms with Gasteiger partial charge in [0.15, 0.2) is 5.79 Å². The molecule has 0 spiro atoms. The second-order valence-electron chi connectivity index (χ2n) is 9.34. The maximum absolute atomic E-state index is 13.6. The lowest BCUT2D eigenvalue weighted by Gasteiger charge is -2.24. The van der Waals surface area contributed by atoms with E-state index in [4.69, 9.17) is 20.1 Å². The van der Waals surface area contributed by atoms with Gasteiger partial charge >= 0.3 is 6.09 Å². The van der Waals surface area contributed by atoms with E-state index in [1.807, 2.05) is 26.0 Å². The van der Waals surface area contributed by atoms with Crippen molar-refractivity contribution in [3.63, 3.8) is 0 Å². The number of benzene rings is 2. The molecule has 0 unspecified atom stereocenters. The summed E-state index contributed by atoms with van der Waals surface area (Å²) >= 11 is 0. The summed E-state index contributed by atoms with van der Waals surface area (Å²) in [6.45, 7) is 7.25. The van der Waals surface area contributed by atoms with Crippen LogP contribution in [0.4, 0.5) is 16.2 Å². The number of ether oxygens (including phenoxy) is 3. The fraction of sp³-hybridized carbons (Fsp3) is 0.464. The molecule has 0 saturated carbocycles. The van der Waals surface area contributed by atoms with E-state index in [2.05, 4.69) is 0 Å².